The molecular formula is C32H48Cl3N7O10. The Kier molecular flexibility index (Phi) is 16.7. The average molecular weight is 797 g/mol. The molecule has 0 aromatic heterocycles. The van der Waals surface area contributed by atoms with Crippen LogP contribution in [0.2, 0.25) is 0 Å². The minimum absolute atomic E-state index is 0.0292. The molecule has 17 nitrogen and oxygen atoms in total. The molecule has 0 bridgehead atoms. The molecule has 0 aromatic carbocycles. The normalized spacial score (nSPS) is 37.8. The van der Waals surface area contributed by atoms with Crippen molar-refractivity contribution in [3.63, 3.8) is 0 Å². The van der Waals surface area contributed by atoms with Crippen LogP contribution in [-0.2, 0) is 47.5 Å². The van der Waals surface area contributed by atoms with E-state index in [9.17, 15) is 20.7 Å². The fraction of sp³-hybridized carbons (Fsp3) is 0.844. The van der Waals surface area contributed by atoms with E-state index < -0.39 is 82.8 Å². The summed E-state index contributed by atoms with van der Waals surface area (Å²) in [5.74, 6) is -2.78. The number of ether oxygens (including phenoxy) is 8. The maximum atomic E-state index is 13.3. The van der Waals surface area contributed by atoms with Crippen molar-refractivity contribution in [3.8, 4) is 0 Å². The predicted molar refractivity (Wildman–Crippen MR) is 189 cm³/mol. The third kappa shape index (κ3) is 10.6. The summed E-state index contributed by atoms with van der Waals surface area (Å²) in [5, 5.41) is 15.9. The maximum Gasteiger partial charge on any atom is 0.298 e. The Hall–Kier alpha value is -2.40. The van der Waals surface area contributed by atoms with Crippen molar-refractivity contribution in [1.29, 1.82) is 5.41 Å². The first-order valence-electron chi connectivity index (χ1n) is 17.1. The van der Waals surface area contributed by atoms with Gasteiger partial charge in [-0.3, -0.25) is 15.0 Å². The summed E-state index contributed by atoms with van der Waals surface area (Å²) in [6.45, 7) is 16.5. The number of hydrogen-bond acceptors (Lipinski definition) is 13. The maximum absolute atomic E-state index is 13.3. The smallest absolute Gasteiger partial charge is 0.298 e. The van der Waals surface area contributed by atoms with Crippen molar-refractivity contribution >= 4 is 53.0 Å². The lowest BCUT2D eigenvalue weighted by Crippen LogP contribution is -2.61. The number of carbonyl (C=O) groups excluding carboxylic acids is 2. The van der Waals surface area contributed by atoms with Gasteiger partial charge in [-0.2, -0.15) is 0 Å². The van der Waals surface area contributed by atoms with E-state index in [1.54, 1.807) is 6.92 Å². The Morgan fingerprint density at radius 1 is 0.885 bits per heavy atom. The topological polar surface area (TPSA) is 229 Å². The first kappa shape index (κ1) is 44.0. The SMILES string of the molecule is C=C(COC[C@H]1C(C)[C@H](O[C@H]2OC(CC)[C@@H](C)C(C)[C@@H]2N=[N+]=[N-])[C@H](C(C)=O)O[C@H]1O[C@@H]1C(CC)O[C@H](OC(=N)C(Cl)(Cl)Cl)[C@@H](N=[N+]=[N-])C1C)OC=O. The van der Waals surface area contributed by atoms with Gasteiger partial charge in [0.05, 0.1) is 37.1 Å². The van der Waals surface area contributed by atoms with Crippen molar-refractivity contribution in [2.24, 2.45) is 39.8 Å². The number of ketones is 1. The van der Waals surface area contributed by atoms with Crippen LogP contribution in [0.25, 0.3) is 20.9 Å². The molecule has 0 aliphatic carbocycles. The molecule has 0 radical (unpaired) electrons. The number of Topliss-reactive ketones (excluding diaryl/α,β-unsaturated/α-hetero) is 1. The fourth-order valence-corrected chi connectivity index (χ4v) is 7.05. The van der Waals surface area contributed by atoms with Crippen LogP contribution in [0, 0.1) is 35.0 Å². The molecule has 52 heavy (non-hydrogen) atoms. The molecule has 0 amide bonds. The van der Waals surface area contributed by atoms with Gasteiger partial charge >= 0.3 is 0 Å². The van der Waals surface area contributed by atoms with Gasteiger partial charge in [-0.05, 0) is 54.5 Å². The van der Waals surface area contributed by atoms with Gasteiger partial charge in [-0.15, -0.1) is 0 Å². The number of hydrogen-bond donors (Lipinski definition) is 1. The molecule has 3 heterocycles. The van der Waals surface area contributed by atoms with Gasteiger partial charge in [-0.25, -0.2) is 0 Å². The summed E-state index contributed by atoms with van der Waals surface area (Å²) < 4.78 is 46.2. The average Bonchev–Trinajstić information content (AvgIpc) is 3.08. The van der Waals surface area contributed by atoms with Gasteiger partial charge in [0.25, 0.3) is 10.3 Å². The molecule has 0 spiro atoms. The lowest BCUT2D eigenvalue weighted by molar-refractivity contribution is -0.337. The van der Waals surface area contributed by atoms with E-state index >= 15 is 0 Å². The lowest BCUT2D eigenvalue weighted by atomic mass is 9.80. The molecule has 0 saturated carbocycles. The molecule has 5 unspecified atom stereocenters. The van der Waals surface area contributed by atoms with Crippen molar-refractivity contribution in [1.82, 2.24) is 0 Å². The molecule has 3 saturated heterocycles. The number of rotatable bonds is 16. The van der Waals surface area contributed by atoms with Crippen LogP contribution in [0.15, 0.2) is 22.6 Å². The van der Waals surface area contributed by atoms with E-state index in [4.69, 9.17) is 78.1 Å². The zero-order chi connectivity index (χ0) is 38.9. The monoisotopic (exact) mass is 795 g/mol. The largest absolute Gasteiger partial charge is 0.448 e. The number of azide groups is 2. The fourth-order valence-electron chi connectivity index (χ4n) is 6.92. The number of carbonyl (C=O) groups is 2. The Morgan fingerprint density at radius 3 is 2.00 bits per heavy atom. The van der Waals surface area contributed by atoms with Gasteiger partial charge in [-0.1, -0.05) is 93.2 Å². The van der Waals surface area contributed by atoms with Crippen LogP contribution >= 0.6 is 34.8 Å². The van der Waals surface area contributed by atoms with E-state index in [2.05, 4.69) is 26.6 Å². The van der Waals surface area contributed by atoms with Crippen molar-refractivity contribution in [2.45, 2.75) is 127 Å². The Balaban J connectivity index is 1.98. The van der Waals surface area contributed by atoms with Gasteiger partial charge in [0, 0.05) is 15.7 Å². The zero-order valence-corrected chi connectivity index (χ0v) is 32.4. The molecule has 0 aromatic rings. The highest BCUT2D eigenvalue weighted by atomic mass is 35.6. The predicted octanol–water partition coefficient (Wildman–Crippen LogP) is 6.93. The van der Waals surface area contributed by atoms with Crippen LogP contribution < -0.4 is 0 Å². The number of nitrogens with one attached hydrogen (secondary N) is 1. The number of halogens is 3. The second kappa shape index (κ2) is 19.8. The Bertz CT molecular complexity index is 1360. The summed E-state index contributed by atoms with van der Waals surface area (Å²) in [6, 6.07) is -1.72. The highest BCUT2D eigenvalue weighted by Gasteiger charge is 2.53. The van der Waals surface area contributed by atoms with Crippen molar-refractivity contribution in [2.75, 3.05) is 13.2 Å². The highest BCUT2D eigenvalue weighted by Crippen LogP contribution is 2.42. The summed E-state index contributed by atoms with van der Waals surface area (Å²) >= 11 is 17.5. The van der Waals surface area contributed by atoms with Gasteiger partial charge in [0.15, 0.2) is 18.4 Å². The number of alkyl halides is 3. The van der Waals surface area contributed by atoms with E-state index in [0.29, 0.717) is 12.8 Å². The molecule has 3 rings (SSSR count). The molecule has 1 N–H and O–H groups in total. The number of nitrogens with zero attached hydrogens (tertiary/aromatic N) is 6. The van der Waals surface area contributed by atoms with Crippen LogP contribution in [0.4, 0.5) is 0 Å². The van der Waals surface area contributed by atoms with E-state index in [0.717, 1.165) is 0 Å². The summed E-state index contributed by atoms with van der Waals surface area (Å²) in [4.78, 5) is 30.1. The van der Waals surface area contributed by atoms with Crippen LogP contribution in [0.1, 0.15) is 61.3 Å². The Labute approximate surface area is 317 Å². The summed E-state index contributed by atoms with van der Waals surface area (Å²) in [7, 11) is 0. The molecule has 20 heteroatoms. The van der Waals surface area contributed by atoms with Crippen LogP contribution in [-0.4, -0.2) is 96.6 Å². The summed E-state index contributed by atoms with van der Waals surface area (Å²) in [6.07, 6.45) is -6.04. The second-order valence-corrected chi connectivity index (χ2v) is 15.6. The third-order valence-electron chi connectivity index (χ3n) is 10.1. The zero-order valence-electron chi connectivity index (χ0n) is 30.2. The van der Waals surface area contributed by atoms with Crippen LogP contribution in [0.3, 0.4) is 0 Å². The highest BCUT2D eigenvalue weighted by molar-refractivity contribution is 6.76. The van der Waals surface area contributed by atoms with Gasteiger partial charge in [0.1, 0.15) is 24.5 Å². The molecule has 3 aliphatic rings. The van der Waals surface area contributed by atoms with E-state index in [-0.39, 0.29) is 49.2 Å². The molecule has 15 atom stereocenters. The van der Waals surface area contributed by atoms with E-state index in [1.165, 1.54) is 6.92 Å². The third-order valence-corrected chi connectivity index (χ3v) is 10.6. The first-order chi connectivity index (χ1) is 24.5. The standard InChI is InChI=1S/C32H48Cl3N7O10/c1-9-21-15(4)16(5)23(39-41-37)29(47-21)50-26-17(6)20(12-45-11-14(3)46-13-43)28(51-27(26)19(8)44)49-25-18(7)24(40-42-38)30(48-22(25)10-2)52-31(36)32(33,34)35/h13,15-18,20-30,36H,3,9-12H2,1-2,4-8H3/t15-,16?,17?,18?,20-,21?,22?,23-,24-,25-,26-,27-,28+,29+,30+/m0/s1. The van der Waals surface area contributed by atoms with Crippen LogP contribution in [0.5, 0.6) is 0 Å². The van der Waals surface area contributed by atoms with Gasteiger partial charge < -0.3 is 37.9 Å². The lowest BCUT2D eigenvalue weighted by Gasteiger charge is -2.50. The van der Waals surface area contributed by atoms with Gasteiger partial charge in [0.2, 0.25) is 12.2 Å². The minimum Gasteiger partial charge on any atom is -0.448 e. The summed E-state index contributed by atoms with van der Waals surface area (Å²) in [5.41, 5.74) is 18.8. The van der Waals surface area contributed by atoms with Crippen molar-refractivity contribution in [3.05, 3.63) is 33.2 Å². The Morgan fingerprint density at radius 2 is 1.46 bits per heavy atom. The molecule has 292 valence electrons. The quantitative estimate of drug-likeness (QED) is 0.0247. The molecular weight excluding hydrogens is 749 g/mol. The van der Waals surface area contributed by atoms with Crippen molar-refractivity contribution < 1.29 is 47.5 Å². The minimum atomic E-state index is -2.19. The second-order valence-electron chi connectivity index (χ2n) is 13.3. The molecule has 3 aliphatic heterocycles. The van der Waals surface area contributed by atoms with E-state index in [1.807, 2.05) is 34.6 Å². The molecule has 3 fully saturated rings. The first-order valence-corrected chi connectivity index (χ1v) is 18.2.